The molecule has 1 rings (SSSR count). The van der Waals surface area contributed by atoms with Crippen molar-refractivity contribution in [3.8, 4) is 0 Å². The normalized spacial score (nSPS) is 22.8. The Morgan fingerprint density at radius 3 is 2.38 bits per heavy atom. The average molecular weight is 184 g/mol. The van der Waals surface area contributed by atoms with Gasteiger partial charge in [-0.3, -0.25) is 0 Å². The highest BCUT2D eigenvalue weighted by Gasteiger charge is 2.16. The zero-order valence-corrected chi connectivity index (χ0v) is 9.18. The van der Waals surface area contributed by atoms with Crippen LogP contribution in [0.25, 0.3) is 0 Å². The molecule has 0 aromatic rings. The Morgan fingerprint density at radius 2 is 1.92 bits per heavy atom. The third kappa shape index (κ3) is 4.10. The summed E-state index contributed by atoms with van der Waals surface area (Å²) in [7, 11) is 0. The van der Waals surface area contributed by atoms with Gasteiger partial charge in [0.15, 0.2) is 0 Å². The van der Waals surface area contributed by atoms with Gasteiger partial charge in [0.2, 0.25) is 0 Å². The monoisotopic (exact) mass is 184 g/mol. The van der Waals surface area contributed by atoms with Crippen LogP contribution < -0.4 is 5.32 Å². The van der Waals surface area contributed by atoms with Crippen molar-refractivity contribution < 1.29 is 0 Å². The van der Waals surface area contributed by atoms with Crippen LogP contribution in [0.15, 0.2) is 0 Å². The Kier molecular flexibility index (Phi) is 5.40. The van der Waals surface area contributed by atoms with E-state index >= 15 is 0 Å². The third-order valence-corrected chi connectivity index (χ3v) is 2.76. The van der Waals surface area contributed by atoms with Gasteiger partial charge in [0, 0.05) is 6.54 Å². The van der Waals surface area contributed by atoms with Crippen LogP contribution in [-0.4, -0.2) is 37.6 Å². The molecule has 0 saturated carbocycles. The number of hydrogen-bond acceptors (Lipinski definition) is 2. The van der Waals surface area contributed by atoms with Crippen LogP contribution in [0.2, 0.25) is 0 Å². The SMILES string of the molecule is CCCN(CCC)C[C@@H]1CCNC1. The molecule has 0 spiro atoms. The van der Waals surface area contributed by atoms with Gasteiger partial charge in [-0.05, 0) is 51.4 Å². The first-order valence-corrected chi connectivity index (χ1v) is 5.79. The molecule has 0 bridgehead atoms. The summed E-state index contributed by atoms with van der Waals surface area (Å²) in [4.78, 5) is 2.62. The maximum Gasteiger partial charge on any atom is 0.00223 e. The van der Waals surface area contributed by atoms with E-state index in [0.29, 0.717) is 0 Å². The lowest BCUT2D eigenvalue weighted by Gasteiger charge is -2.23. The molecule has 0 aromatic heterocycles. The Morgan fingerprint density at radius 1 is 1.23 bits per heavy atom. The summed E-state index contributed by atoms with van der Waals surface area (Å²) in [5, 5.41) is 3.44. The summed E-state index contributed by atoms with van der Waals surface area (Å²) in [6.45, 7) is 10.9. The lowest BCUT2D eigenvalue weighted by atomic mass is 10.1. The second kappa shape index (κ2) is 6.39. The van der Waals surface area contributed by atoms with Gasteiger partial charge < -0.3 is 10.2 Å². The molecule has 78 valence electrons. The first kappa shape index (κ1) is 11.0. The van der Waals surface area contributed by atoms with E-state index in [1.165, 1.54) is 52.0 Å². The number of hydrogen-bond donors (Lipinski definition) is 1. The van der Waals surface area contributed by atoms with Crippen molar-refractivity contribution in [1.82, 2.24) is 10.2 Å². The molecule has 1 atom stereocenters. The van der Waals surface area contributed by atoms with Gasteiger partial charge in [0.25, 0.3) is 0 Å². The maximum atomic E-state index is 3.44. The van der Waals surface area contributed by atoms with Crippen LogP contribution >= 0.6 is 0 Å². The van der Waals surface area contributed by atoms with Crippen molar-refractivity contribution >= 4 is 0 Å². The molecule has 1 aliphatic heterocycles. The molecule has 0 amide bonds. The minimum absolute atomic E-state index is 0.915. The first-order valence-electron chi connectivity index (χ1n) is 5.79. The molecule has 1 saturated heterocycles. The fraction of sp³-hybridized carbons (Fsp3) is 1.00. The van der Waals surface area contributed by atoms with Gasteiger partial charge in [-0.15, -0.1) is 0 Å². The Balaban J connectivity index is 2.19. The Hall–Kier alpha value is -0.0800. The van der Waals surface area contributed by atoms with Gasteiger partial charge in [-0.25, -0.2) is 0 Å². The minimum atomic E-state index is 0.915. The zero-order chi connectivity index (χ0) is 9.52. The highest BCUT2D eigenvalue weighted by molar-refractivity contribution is 4.74. The van der Waals surface area contributed by atoms with Gasteiger partial charge >= 0.3 is 0 Å². The topological polar surface area (TPSA) is 15.3 Å². The molecule has 1 N–H and O–H groups in total. The van der Waals surface area contributed by atoms with E-state index in [0.717, 1.165) is 5.92 Å². The van der Waals surface area contributed by atoms with Crippen LogP contribution in [0.1, 0.15) is 33.1 Å². The summed E-state index contributed by atoms with van der Waals surface area (Å²) in [5.41, 5.74) is 0. The van der Waals surface area contributed by atoms with Crippen LogP contribution in [0.5, 0.6) is 0 Å². The summed E-state index contributed by atoms with van der Waals surface area (Å²) < 4.78 is 0. The Bertz CT molecular complexity index is 113. The van der Waals surface area contributed by atoms with E-state index in [-0.39, 0.29) is 0 Å². The average Bonchev–Trinajstić information content (AvgIpc) is 2.58. The van der Waals surface area contributed by atoms with Crippen LogP contribution in [-0.2, 0) is 0 Å². The van der Waals surface area contributed by atoms with Gasteiger partial charge in [0.1, 0.15) is 0 Å². The van der Waals surface area contributed by atoms with Crippen LogP contribution in [0.4, 0.5) is 0 Å². The molecule has 0 radical (unpaired) electrons. The molecule has 0 unspecified atom stereocenters. The summed E-state index contributed by atoms with van der Waals surface area (Å²) >= 11 is 0. The van der Waals surface area contributed by atoms with E-state index in [4.69, 9.17) is 0 Å². The van der Waals surface area contributed by atoms with Crippen molar-refractivity contribution in [1.29, 1.82) is 0 Å². The van der Waals surface area contributed by atoms with Gasteiger partial charge in [-0.1, -0.05) is 13.8 Å². The second-order valence-corrected chi connectivity index (χ2v) is 4.16. The molecule has 1 fully saturated rings. The second-order valence-electron chi connectivity index (χ2n) is 4.16. The van der Waals surface area contributed by atoms with Crippen molar-refractivity contribution in [2.75, 3.05) is 32.7 Å². The zero-order valence-electron chi connectivity index (χ0n) is 9.18. The molecule has 1 heterocycles. The number of nitrogens with one attached hydrogen (secondary N) is 1. The first-order chi connectivity index (χ1) is 6.36. The fourth-order valence-corrected chi connectivity index (χ4v) is 2.16. The molecule has 13 heavy (non-hydrogen) atoms. The van der Waals surface area contributed by atoms with E-state index in [2.05, 4.69) is 24.1 Å². The quantitative estimate of drug-likeness (QED) is 0.676. The van der Waals surface area contributed by atoms with Crippen molar-refractivity contribution in [3.05, 3.63) is 0 Å². The smallest absolute Gasteiger partial charge is 0.00223 e. The fourth-order valence-electron chi connectivity index (χ4n) is 2.16. The Labute approximate surface area is 82.7 Å². The molecule has 1 aliphatic rings. The molecular formula is C11H24N2. The van der Waals surface area contributed by atoms with Crippen LogP contribution in [0.3, 0.4) is 0 Å². The molecular weight excluding hydrogens is 160 g/mol. The maximum absolute atomic E-state index is 3.44. The van der Waals surface area contributed by atoms with E-state index in [1.54, 1.807) is 0 Å². The van der Waals surface area contributed by atoms with Crippen molar-refractivity contribution in [3.63, 3.8) is 0 Å². The lowest BCUT2D eigenvalue weighted by Crippen LogP contribution is -2.31. The highest BCUT2D eigenvalue weighted by Crippen LogP contribution is 2.10. The lowest BCUT2D eigenvalue weighted by molar-refractivity contribution is 0.238. The summed E-state index contributed by atoms with van der Waals surface area (Å²) in [6.07, 6.45) is 3.96. The third-order valence-electron chi connectivity index (χ3n) is 2.76. The predicted molar refractivity (Wildman–Crippen MR) is 58.0 cm³/mol. The van der Waals surface area contributed by atoms with E-state index < -0.39 is 0 Å². The van der Waals surface area contributed by atoms with E-state index in [1.807, 2.05) is 0 Å². The highest BCUT2D eigenvalue weighted by atomic mass is 15.1. The van der Waals surface area contributed by atoms with Gasteiger partial charge in [-0.2, -0.15) is 0 Å². The van der Waals surface area contributed by atoms with E-state index in [9.17, 15) is 0 Å². The molecule has 2 heteroatoms. The van der Waals surface area contributed by atoms with Gasteiger partial charge in [0.05, 0.1) is 0 Å². The minimum Gasteiger partial charge on any atom is -0.316 e. The number of rotatable bonds is 6. The number of nitrogens with zero attached hydrogens (tertiary/aromatic N) is 1. The summed E-state index contributed by atoms with van der Waals surface area (Å²) in [5.74, 6) is 0.915. The standard InChI is InChI=1S/C11H24N2/c1-3-7-13(8-4-2)10-11-5-6-12-9-11/h11-12H,3-10H2,1-2H3/t11-/m1/s1. The predicted octanol–water partition coefficient (Wildman–Crippen LogP) is 1.72. The summed E-state index contributed by atoms with van der Waals surface area (Å²) in [6, 6.07) is 0. The van der Waals surface area contributed by atoms with Crippen molar-refractivity contribution in [2.45, 2.75) is 33.1 Å². The largest absolute Gasteiger partial charge is 0.316 e. The molecule has 2 nitrogen and oxygen atoms in total. The van der Waals surface area contributed by atoms with Crippen LogP contribution in [0, 0.1) is 5.92 Å². The van der Waals surface area contributed by atoms with Crippen molar-refractivity contribution in [2.24, 2.45) is 5.92 Å². The molecule has 0 aliphatic carbocycles. The molecule has 0 aromatic carbocycles.